The molecule has 0 aliphatic carbocycles. The molecule has 0 saturated heterocycles. The van der Waals surface area contributed by atoms with Gasteiger partial charge in [0.2, 0.25) is 5.91 Å². The fraction of sp³-hybridized carbons (Fsp3) is 0.300. The van der Waals surface area contributed by atoms with Gasteiger partial charge in [0.05, 0.1) is 0 Å². The Bertz CT molecular complexity index is 773. The van der Waals surface area contributed by atoms with Gasteiger partial charge in [-0.25, -0.2) is 0 Å². The molecular weight excluding hydrogens is 314 g/mol. The van der Waals surface area contributed by atoms with E-state index in [1.165, 1.54) is 18.1 Å². The number of nitrogens with one attached hydrogen (secondary N) is 3. The van der Waals surface area contributed by atoms with Gasteiger partial charge in [0.1, 0.15) is 0 Å². The second-order valence-electron chi connectivity index (χ2n) is 6.37. The van der Waals surface area contributed by atoms with Crippen LogP contribution in [0.5, 0.6) is 0 Å². The topological polar surface area (TPSA) is 70.2 Å². The van der Waals surface area contributed by atoms with E-state index in [1.54, 1.807) is 6.07 Å². The minimum Gasteiger partial charge on any atom is -0.352 e. The van der Waals surface area contributed by atoms with E-state index in [2.05, 4.69) is 40.2 Å². The Kier molecular flexibility index (Phi) is 5.46. The summed E-state index contributed by atoms with van der Waals surface area (Å²) in [5, 5.41) is 9.21. The zero-order chi connectivity index (χ0) is 17.6. The molecule has 1 aliphatic heterocycles. The predicted molar refractivity (Wildman–Crippen MR) is 97.1 cm³/mol. The lowest BCUT2D eigenvalue weighted by Gasteiger charge is -2.26. The van der Waals surface area contributed by atoms with Crippen LogP contribution >= 0.6 is 0 Å². The van der Waals surface area contributed by atoms with Gasteiger partial charge in [-0.1, -0.05) is 36.4 Å². The molecule has 0 fully saturated rings. The molecule has 3 rings (SSSR count). The second-order valence-corrected chi connectivity index (χ2v) is 6.37. The summed E-state index contributed by atoms with van der Waals surface area (Å²) in [5.74, 6) is -0.177. The molecule has 5 nitrogen and oxygen atoms in total. The number of hydrogen-bond acceptors (Lipinski definition) is 3. The zero-order valence-corrected chi connectivity index (χ0v) is 14.3. The van der Waals surface area contributed by atoms with E-state index in [-0.39, 0.29) is 17.9 Å². The molecule has 2 aromatic rings. The normalized spacial score (nSPS) is 16.0. The van der Waals surface area contributed by atoms with Crippen molar-refractivity contribution in [2.24, 2.45) is 0 Å². The zero-order valence-electron chi connectivity index (χ0n) is 14.3. The van der Waals surface area contributed by atoms with E-state index in [9.17, 15) is 9.59 Å². The van der Waals surface area contributed by atoms with E-state index in [0.29, 0.717) is 18.7 Å². The number of amides is 2. The molecule has 0 spiro atoms. The maximum Gasteiger partial charge on any atom is 0.251 e. The third-order valence-electron chi connectivity index (χ3n) is 4.41. The highest BCUT2D eigenvalue weighted by Gasteiger charge is 2.18. The van der Waals surface area contributed by atoms with Gasteiger partial charge in [0.25, 0.3) is 5.91 Å². The van der Waals surface area contributed by atoms with Crippen molar-refractivity contribution in [2.75, 3.05) is 6.54 Å². The highest BCUT2D eigenvalue weighted by Crippen LogP contribution is 2.16. The largest absolute Gasteiger partial charge is 0.352 e. The maximum atomic E-state index is 12.4. The predicted octanol–water partition coefficient (Wildman–Crippen LogP) is 1.77. The summed E-state index contributed by atoms with van der Waals surface area (Å²) in [5.41, 5.74) is 4.19. The van der Waals surface area contributed by atoms with E-state index in [4.69, 9.17) is 0 Å². The van der Waals surface area contributed by atoms with Gasteiger partial charge < -0.3 is 16.0 Å². The van der Waals surface area contributed by atoms with E-state index >= 15 is 0 Å². The molecule has 2 amide bonds. The standard InChI is InChI=1S/C20H23N3O2/c1-14(24)21-11-15-5-4-8-17(9-15)20(25)23-13-19-10-16-6-2-3-7-18(16)12-22-19/h2-9,19,22H,10-13H2,1H3,(H,21,24)(H,23,25). The van der Waals surface area contributed by atoms with Crippen LogP contribution in [0.3, 0.4) is 0 Å². The lowest BCUT2D eigenvalue weighted by Crippen LogP contribution is -2.44. The molecule has 0 aromatic heterocycles. The fourth-order valence-corrected chi connectivity index (χ4v) is 3.03. The molecule has 25 heavy (non-hydrogen) atoms. The second kappa shape index (κ2) is 7.94. The van der Waals surface area contributed by atoms with Gasteiger partial charge in [-0.15, -0.1) is 0 Å². The van der Waals surface area contributed by atoms with Crippen molar-refractivity contribution < 1.29 is 9.59 Å². The first kappa shape index (κ1) is 17.2. The molecule has 1 aliphatic rings. The van der Waals surface area contributed by atoms with Crippen LogP contribution in [0.4, 0.5) is 0 Å². The highest BCUT2D eigenvalue weighted by molar-refractivity contribution is 5.94. The first-order valence-corrected chi connectivity index (χ1v) is 8.53. The number of rotatable bonds is 5. The lowest BCUT2D eigenvalue weighted by molar-refractivity contribution is -0.119. The number of hydrogen-bond donors (Lipinski definition) is 3. The summed E-state index contributed by atoms with van der Waals surface area (Å²) in [6, 6.07) is 16.0. The van der Waals surface area contributed by atoms with Crippen molar-refractivity contribution in [3.63, 3.8) is 0 Å². The molecule has 1 heterocycles. The number of carbonyl (C=O) groups excluding carboxylic acids is 2. The molecule has 130 valence electrons. The Morgan fingerprint density at radius 2 is 1.88 bits per heavy atom. The summed E-state index contributed by atoms with van der Waals surface area (Å²) < 4.78 is 0. The minimum atomic E-state index is -0.0923. The van der Waals surface area contributed by atoms with Gasteiger partial charge in [-0.05, 0) is 35.2 Å². The van der Waals surface area contributed by atoms with Crippen LogP contribution in [-0.4, -0.2) is 24.4 Å². The Morgan fingerprint density at radius 1 is 1.08 bits per heavy atom. The summed E-state index contributed by atoms with van der Waals surface area (Å²) in [6.45, 7) is 3.33. The molecule has 3 N–H and O–H groups in total. The Labute approximate surface area is 147 Å². The number of carbonyl (C=O) groups is 2. The van der Waals surface area contributed by atoms with Gasteiger partial charge in [0, 0.05) is 38.2 Å². The van der Waals surface area contributed by atoms with Crippen molar-refractivity contribution in [1.29, 1.82) is 0 Å². The molecule has 1 unspecified atom stereocenters. The number of benzene rings is 2. The van der Waals surface area contributed by atoms with Gasteiger partial charge in [-0.2, -0.15) is 0 Å². The SMILES string of the molecule is CC(=O)NCc1cccc(C(=O)NCC2Cc3ccccc3CN2)c1. The van der Waals surface area contributed by atoms with Crippen molar-refractivity contribution in [3.05, 3.63) is 70.8 Å². The quantitative estimate of drug-likeness (QED) is 0.779. The molecule has 5 heteroatoms. The van der Waals surface area contributed by atoms with Crippen molar-refractivity contribution in [1.82, 2.24) is 16.0 Å². The summed E-state index contributed by atoms with van der Waals surface area (Å²) in [7, 11) is 0. The van der Waals surface area contributed by atoms with Gasteiger partial charge in [-0.3, -0.25) is 9.59 Å². The average molecular weight is 337 g/mol. The highest BCUT2D eigenvalue weighted by atomic mass is 16.2. The Balaban J connectivity index is 1.54. The third kappa shape index (κ3) is 4.67. The lowest BCUT2D eigenvalue weighted by atomic mass is 9.96. The Morgan fingerprint density at radius 3 is 2.68 bits per heavy atom. The van der Waals surface area contributed by atoms with Crippen LogP contribution in [0.1, 0.15) is 34.0 Å². The first-order valence-electron chi connectivity index (χ1n) is 8.53. The van der Waals surface area contributed by atoms with E-state index in [0.717, 1.165) is 18.5 Å². The van der Waals surface area contributed by atoms with Crippen molar-refractivity contribution in [3.8, 4) is 0 Å². The maximum absolute atomic E-state index is 12.4. The van der Waals surface area contributed by atoms with Crippen LogP contribution in [0.2, 0.25) is 0 Å². The number of fused-ring (bicyclic) bond motifs is 1. The summed E-state index contributed by atoms with van der Waals surface area (Å²) in [4.78, 5) is 23.4. The van der Waals surface area contributed by atoms with Crippen LogP contribution in [0.25, 0.3) is 0 Å². The van der Waals surface area contributed by atoms with Gasteiger partial charge in [0.15, 0.2) is 0 Å². The monoisotopic (exact) mass is 337 g/mol. The average Bonchev–Trinajstić information content (AvgIpc) is 2.64. The van der Waals surface area contributed by atoms with Gasteiger partial charge >= 0.3 is 0 Å². The van der Waals surface area contributed by atoms with Crippen LogP contribution < -0.4 is 16.0 Å². The van der Waals surface area contributed by atoms with Crippen molar-refractivity contribution >= 4 is 11.8 Å². The summed E-state index contributed by atoms with van der Waals surface area (Å²) in [6.07, 6.45) is 0.916. The molecule has 0 saturated carbocycles. The smallest absolute Gasteiger partial charge is 0.251 e. The fourth-order valence-electron chi connectivity index (χ4n) is 3.03. The Hall–Kier alpha value is -2.66. The molecule has 0 radical (unpaired) electrons. The van der Waals surface area contributed by atoms with Crippen molar-refractivity contribution in [2.45, 2.75) is 32.5 Å². The van der Waals surface area contributed by atoms with E-state index < -0.39 is 0 Å². The molecule has 0 bridgehead atoms. The molecule has 2 aromatic carbocycles. The summed E-state index contributed by atoms with van der Waals surface area (Å²) >= 11 is 0. The van der Waals surface area contributed by atoms with Crippen LogP contribution in [0.15, 0.2) is 48.5 Å². The van der Waals surface area contributed by atoms with Crippen LogP contribution in [0, 0.1) is 0 Å². The van der Waals surface area contributed by atoms with Crippen LogP contribution in [-0.2, 0) is 24.3 Å². The molecular formula is C20H23N3O2. The minimum absolute atomic E-state index is 0.0847. The van der Waals surface area contributed by atoms with E-state index in [1.807, 2.05) is 18.2 Å². The molecule has 1 atom stereocenters. The first-order chi connectivity index (χ1) is 12.1. The third-order valence-corrected chi connectivity index (χ3v) is 4.41.